The molecule has 0 fully saturated rings. The Morgan fingerprint density at radius 2 is 1.71 bits per heavy atom. The number of amides is 2. The van der Waals surface area contributed by atoms with Crippen LogP contribution in [0.4, 0.5) is 4.79 Å². The molecule has 3 nitrogen and oxygen atoms in total. The largest absolute Gasteiger partial charge is 0.331 e. The number of urea groups is 1. The fraction of sp³-hybridized carbons (Fsp3) is 0.167. The van der Waals surface area contributed by atoms with Crippen LogP contribution in [0.15, 0.2) is 60.8 Å². The highest BCUT2D eigenvalue weighted by molar-refractivity contribution is 5.76. The van der Waals surface area contributed by atoms with E-state index in [-0.39, 0.29) is 12.1 Å². The molecule has 3 heteroatoms. The van der Waals surface area contributed by atoms with E-state index in [9.17, 15) is 4.79 Å². The molecule has 1 unspecified atom stereocenters. The summed E-state index contributed by atoms with van der Waals surface area (Å²) in [5.74, 6) is 0. The molecule has 0 heterocycles. The lowest BCUT2D eigenvalue weighted by Crippen LogP contribution is -2.34. The summed E-state index contributed by atoms with van der Waals surface area (Å²) in [7, 11) is 0. The van der Waals surface area contributed by atoms with E-state index in [2.05, 4.69) is 10.6 Å². The minimum atomic E-state index is -0.213. The molecule has 0 saturated heterocycles. The van der Waals surface area contributed by atoms with Crippen LogP contribution in [-0.2, 0) is 0 Å². The summed E-state index contributed by atoms with van der Waals surface area (Å²) in [5, 5.41) is 5.61. The highest BCUT2D eigenvalue weighted by Gasteiger charge is 2.06. The molecule has 21 heavy (non-hydrogen) atoms. The van der Waals surface area contributed by atoms with Crippen molar-refractivity contribution in [2.45, 2.75) is 19.9 Å². The minimum absolute atomic E-state index is 0.0287. The van der Waals surface area contributed by atoms with Gasteiger partial charge in [-0.25, -0.2) is 4.79 Å². The van der Waals surface area contributed by atoms with E-state index in [0.29, 0.717) is 0 Å². The van der Waals surface area contributed by atoms with Crippen LogP contribution in [-0.4, -0.2) is 6.03 Å². The number of rotatable bonds is 4. The average molecular weight is 280 g/mol. The molecule has 2 aromatic carbocycles. The van der Waals surface area contributed by atoms with Gasteiger partial charge < -0.3 is 10.6 Å². The Morgan fingerprint density at radius 1 is 1.05 bits per heavy atom. The van der Waals surface area contributed by atoms with Gasteiger partial charge in [-0.15, -0.1) is 0 Å². The Balaban J connectivity index is 1.83. The molecule has 2 amide bonds. The third kappa shape index (κ3) is 4.80. The molecular weight excluding hydrogens is 260 g/mol. The van der Waals surface area contributed by atoms with Crippen LogP contribution in [0.3, 0.4) is 0 Å². The predicted molar refractivity (Wildman–Crippen MR) is 86.7 cm³/mol. The Labute approximate surface area is 125 Å². The van der Waals surface area contributed by atoms with Gasteiger partial charge in [0.2, 0.25) is 0 Å². The Kier molecular flexibility index (Phi) is 5.16. The van der Waals surface area contributed by atoms with Crippen molar-refractivity contribution in [3.05, 3.63) is 77.5 Å². The van der Waals surface area contributed by atoms with Crippen LogP contribution in [0.1, 0.15) is 29.7 Å². The van der Waals surface area contributed by atoms with Crippen molar-refractivity contribution in [1.29, 1.82) is 0 Å². The first-order valence-electron chi connectivity index (χ1n) is 7.00. The summed E-state index contributed by atoms with van der Waals surface area (Å²) < 4.78 is 0. The van der Waals surface area contributed by atoms with E-state index >= 15 is 0 Å². The van der Waals surface area contributed by atoms with E-state index < -0.39 is 0 Å². The molecule has 0 aliphatic rings. The van der Waals surface area contributed by atoms with Crippen LogP contribution in [0, 0.1) is 6.92 Å². The second-order valence-corrected chi connectivity index (χ2v) is 4.99. The molecule has 108 valence electrons. The fourth-order valence-electron chi connectivity index (χ4n) is 1.95. The van der Waals surface area contributed by atoms with Crippen molar-refractivity contribution < 1.29 is 4.79 Å². The molecule has 2 N–H and O–H groups in total. The van der Waals surface area contributed by atoms with Crippen molar-refractivity contribution in [3.8, 4) is 0 Å². The van der Waals surface area contributed by atoms with Gasteiger partial charge in [0.25, 0.3) is 0 Å². The molecule has 0 aromatic heterocycles. The van der Waals surface area contributed by atoms with Crippen molar-refractivity contribution in [1.82, 2.24) is 10.6 Å². The SMILES string of the molecule is Cc1ccc(/C=C/NC(=O)NC(C)c2ccccc2)cc1. The first-order valence-corrected chi connectivity index (χ1v) is 7.00. The Morgan fingerprint density at radius 3 is 2.38 bits per heavy atom. The van der Waals surface area contributed by atoms with Gasteiger partial charge >= 0.3 is 6.03 Å². The van der Waals surface area contributed by atoms with Crippen LogP contribution < -0.4 is 10.6 Å². The zero-order valence-corrected chi connectivity index (χ0v) is 12.3. The van der Waals surface area contributed by atoms with Gasteiger partial charge in [0.05, 0.1) is 6.04 Å². The predicted octanol–water partition coefficient (Wildman–Crippen LogP) is 4.03. The van der Waals surface area contributed by atoms with Crippen LogP contribution in [0.2, 0.25) is 0 Å². The second kappa shape index (κ2) is 7.29. The zero-order valence-electron chi connectivity index (χ0n) is 12.3. The maximum Gasteiger partial charge on any atom is 0.319 e. The first kappa shape index (κ1) is 14.9. The van der Waals surface area contributed by atoms with Gasteiger partial charge in [0, 0.05) is 6.20 Å². The van der Waals surface area contributed by atoms with Gasteiger partial charge in [0.15, 0.2) is 0 Å². The van der Waals surface area contributed by atoms with Crippen LogP contribution >= 0.6 is 0 Å². The van der Waals surface area contributed by atoms with E-state index in [1.54, 1.807) is 6.20 Å². The number of aryl methyl sites for hydroxylation is 1. The van der Waals surface area contributed by atoms with E-state index in [0.717, 1.165) is 11.1 Å². The third-order valence-electron chi connectivity index (χ3n) is 3.21. The summed E-state index contributed by atoms with van der Waals surface area (Å²) in [6, 6.07) is 17.7. The van der Waals surface area contributed by atoms with E-state index in [1.165, 1.54) is 5.56 Å². The summed E-state index contributed by atoms with van der Waals surface area (Å²) in [5.41, 5.74) is 3.35. The topological polar surface area (TPSA) is 41.1 Å². The molecule has 0 bridgehead atoms. The molecule has 2 rings (SSSR count). The lowest BCUT2D eigenvalue weighted by atomic mass is 10.1. The van der Waals surface area contributed by atoms with E-state index in [4.69, 9.17) is 0 Å². The minimum Gasteiger partial charge on any atom is -0.331 e. The highest BCUT2D eigenvalue weighted by atomic mass is 16.2. The maximum atomic E-state index is 11.8. The average Bonchev–Trinajstić information content (AvgIpc) is 2.50. The van der Waals surface area contributed by atoms with Gasteiger partial charge in [-0.3, -0.25) is 0 Å². The molecule has 1 atom stereocenters. The highest BCUT2D eigenvalue weighted by Crippen LogP contribution is 2.10. The van der Waals surface area contributed by atoms with Crippen LogP contribution in [0.25, 0.3) is 6.08 Å². The Bertz CT molecular complexity index is 603. The third-order valence-corrected chi connectivity index (χ3v) is 3.21. The molecule has 0 spiro atoms. The molecule has 0 aliphatic carbocycles. The van der Waals surface area contributed by atoms with Gasteiger partial charge in [-0.05, 0) is 31.1 Å². The normalized spacial score (nSPS) is 12.1. The molecular formula is C18H20N2O. The van der Waals surface area contributed by atoms with Gasteiger partial charge in [-0.1, -0.05) is 60.2 Å². The zero-order chi connectivity index (χ0) is 15.1. The molecule has 0 saturated carbocycles. The number of benzene rings is 2. The molecule has 0 radical (unpaired) electrons. The van der Waals surface area contributed by atoms with Gasteiger partial charge in [-0.2, -0.15) is 0 Å². The van der Waals surface area contributed by atoms with Gasteiger partial charge in [0.1, 0.15) is 0 Å². The monoisotopic (exact) mass is 280 g/mol. The Hall–Kier alpha value is -2.55. The van der Waals surface area contributed by atoms with Crippen molar-refractivity contribution in [2.75, 3.05) is 0 Å². The maximum absolute atomic E-state index is 11.8. The summed E-state index contributed by atoms with van der Waals surface area (Å²) in [6.45, 7) is 4.00. The number of hydrogen-bond acceptors (Lipinski definition) is 1. The first-order chi connectivity index (χ1) is 10.1. The standard InChI is InChI=1S/C18H20N2O/c1-14-8-10-16(11-9-14)12-13-19-18(21)20-15(2)17-6-4-3-5-7-17/h3-13,15H,1-2H3,(H2,19,20,21)/b13-12+. The lowest BCUT2D eigenvalue weighted by Gasteiger charge is -2.13. The number of hydrogen-bond donors (Lipinski definition) is 2. The summed E-state index contributed by atoms with van der Waals surface area (Å²) in [6.07, 6.45) is 3.52. The molecule has 0 aliphatic heterocycles. The summed E-state index contributed by atoms with van der Waals surface area (Å²) >= 11 is 0. The lowest BCUT2D eigenvalue weighted by molar-refractivity contribution is 0.241. The second-order valence-electron chi connectivity index (χ2n) is 4.99. The van der Waals surface area contributed by atoms with Crippen molar-refractivity contribution in [2.24, 2.45) is 0 Å². The van der Waals surface area contributed by atoms with Crippen LogP contribution in [0.5, 0.6) is 0 Å². The number of nitrogens with one attached hydrogen (secondary N) is 2. The van der Waals surface area contributed by atoms with Crippen molar-refractivity contribution in [3.63, 3.8) is 0 Å². The van der Waals surface area contributed by atoms with Crippen molar-refractivity contribution >= 4 is 12.1 Å². The molecule has 2 aromatic rings. The number of carbonyl (C=O) groups excluding carboxylic acids is 1. The quantitative estimate of drug-likeness (QED) is 0.872. The smallest absolute Gasteiger partial charge is 0.319 e. The number of carbonyl (C=O) groups is 1. The van der Waals surface area contributed by atoms with E-state index in [1.807, 2.05) is 74.5 Å². The fourth-order valence-corrected chi connectivity index (χ4v) is 1.95. The summed E-state index contributed by atoms with van der Waals surface area (Å²) in [4.78, 5) is 11.8.